The van der Waals surface area contributed by atoms with E-state index in [0.717, 1.165) is 6.54 Å². The Labute approximate surface area is 105 Å². The van der Waals surface area contributed by atoms with Gasteiger partial charge in [0.05, 0.1) is 26.2 Å². The average molecular weight is 254 g/mol. The molecule has 0 spiro atoms. The molecule has 1 saturated heterocycles. The van der Waals surface area contributed by atoms with Crippen LogP contribution in [-0.2, 0) is 16.6 Å². The number of hydrogen-bond acceptors (Lipinski definition) is 5. The summed E-state index contributed by atoms with van der Waals surface area (Å²) in [5.74, 6) is 0.980. The Bertz CT molecular complexity index is 412. The first-order valence-electron chi connectivity index (χ1n) is 5.89. The van der Waals surface area contributed by atoms with Gasteiger partial charge in [-0.05, 0) is 0 Å². The van der Waals surface area contributed by atoms with Gasteiger partial charge in [-0.15, -0.1) is 0 Å². The predicted octanol–water partition coefficient (Wildman–Crippen LogP) is -0.254. The van der Waals surface area contributed by atoms with Gasteiger partial charge >= 0.3 is 0 Å². The molecule has 2 rings (SSSR count). The van der Waals surface area contributed by atoms with Crippen molar-refractivity contribution in [1.82, 2.24) is 15.1 Å². The highest BCUT2D eigenvalue weighted by molar-refractivity contribution is 5.90. The van der Waals surface area contributed by atoms with Gasteiger partial charge in [0.15, 0.2) is 5.82 Å². The molecule has 1 unspecified atom stereocenters. The zero-order valence-corrected chi connectivity index (χ0v) is 10.6. The van der Waals surface area contributed by atoms with Crippen LogP contribution in [-0.4, -0.2) is 48.6 Å². The van der Waals surface area contributed by atoms with E-state index in [4.69, 9.17) is 9.47 Å². The number of anilines is 1. The topological polar surface area (TPSA) is 77.4 Å². The van der Waals surface area contributed by atoms with Gasteiger partial charge < -0.3 is 20.1 Å². The number of carbonyl (C=O) groups excluding carboxylic acids is 1. The maximum Gasteiger partial charge on any atom is 0.228 e. The number of amides is 1. The molecule has 18 heavy (non-hydrogen) atoms. The van der Waals surface area contributed by atoms with Crippen LogP contribution >= 0.6 is 0 Å². The number of nitrogens with one attached hydrogen (secondary N) is 2. The Morgan fingerprint density at radius 1 is 1.78 bits per heavy atom. The van der Waals surface area contributed by atoms with Gasteiger partial charge in [-0.25, -0.2) is 4.68 Å². The number of morpholine rings is 1. The second kappa shape index (κ2) is 5.83. The van der Waals surface area contributed by atoms with Crippen LogP contribution in [0.5, 0.6) is 5.88 Å². The molecular formula is C11H18N4O3. The van der Waals surface area contributed by atoms with Crippen molar-refractivity contribution in [3.8, 4) is 5.88 Å². The summed E-state index contributed by atoms with van der Waals surface area (Å²) in [6.07, 6.45) is 0.260. The number of rotatable bonds is 4. The number of hydrogen-bond donors (Lipinski definition) is 2. The Morgan fingerprint density at radius 3 is 3.22 bits per heavy atom. The van der Waals surface area contributed by atoms with E-state index in [9.17, 15) is 4.79 Å². The molecule has 0 aromatic carbocycles. The number of ether oxygens (including phenoxy) is 2. The van der Waals surface area contributed by atoms with Crippen LogP contribution < -0.4 is 15.4 Å². The average Bonchev–Trinajstić information content (AvgIpc) is 2.70. The third-order valence-electron chi connectivity index (χ3n) is 2.73. The molecule has 7 heteroatoms. The molecule has 1 amide bonds. The number of aromatic nitrogens is 2. The van der Waals surface area contributed by atoms with Crippen molar-refractivity contribution in [1.29, 1.82) is 0 Å². The van der Waals surface area contributed by atoms with E-state index in [2.05, 4.69) is 15.7 Å². The van der Waals surface area contributed by atoms with E-state index in [-0.39, 0.29) is 12.0 Å². The zero-order chi connectivity index (χ0) is 13.0. The van der Waals surface area contributed by atoms with Crippen LogP contribution in [0.15, 0.2) is 6.07 Å². The normalized spacial score (nSPS) is 19.6. The smallest absolute Gasteiger partial charge is 0.228 e. The molecule has 1 fully saturated rings. The summed E-state index contributed by atoms with van der Waals surface area (Å²) in [7, 11) is 3.31. The van der Waals surface area contributed by atoms with Crippen molar-refractivity contribution in [2.24, 2.45) is 7.05 Å². The van der Waals surface area contributed by atoms with Crippen LogP contribution in [0.1, 0.15) is 6.42 Å². The molecule has 1 aliphatic heterocycles. The lowest BCUT2D eigenvalue weighted by Crippen LogP contribution is -2.40. The van der Waals surface area contributed by atoms with Gasteiger partial charge in [-0.1, -0.05) is 0 Å². The molecular weight excluding hydrogens is 236 g/mol. The molecule has 7 nitrogen and oxygen atoms in total. The minimum absolute atomic E-state index is 0.0654. The molecule has 1 aromatic rings. The first-order valence-corrected chi connectivity index (χ1v) is 5.89. The summed E-state index contributed by atoms with van der Waals surface area (Å²) in [5.41, 5.74) is 0. The van der Waals surface area contributed by atoms with E-state index in [1.807, 2.05) is 0 Å². The Hall–Kier alpha value is -1.60. The van der Waals surface area contributed by atoms with Crippen molar-refractivity contribution < 1.29 is 14.3 Å². The van der Waals surface area contributed by atoms with Gasteiger partial charge in [-0.2, -0.15) is 5.10 Å². The maximum atomic E-state index is 11.8. The monoisotopic (exact) mass is 254 g/mol. The van der Waals surface area contributed by atoms with Crippen LogP contribution in [0.2, 0.25) is 0 Å². The minimum Gasteiger partial charge on any atom is -0.481 e. The van der Waals surface area contributed by atoms with E-state index >= 15 is 0 Å². The van der Waals surface area contributed by atoms with E-state index in [1.54, 1.807) is 24.9 Å². The maximum absolute atomic E-state index is 11.8. The number of nitrogens with zero attached hydrogens (tertiary/aromatic N) is 2. The molecule has 100 valence electrons. The van der Waals surface area contributed by atoms with E-state index < -0.39 is 0 Å². The first kappa shape index (κ1) is 12.8. The van der Waals surface area contributed by atoms with Gasteiger partial charge in [0.25, 0.3) is 0 Å². The highest BCUT2D eigenvalue weighted by Gasteiger charge is 2.18. The van der Waals surface area contributed by atoms with Crippen molar-refractivity contribution in [3.63, 3.8) is 0 Å². The molecule has 1 aliphatic rings. The van der Waals surface area contributed by atoms with Gasteiger partial charge in [0, 0.05) is 26.2 Å². The molecule has 1 aromatic heterocycles. The Morgan fingerprint density at radius 2 is 2.61 bits per heavy atom. The number of aryl methyl sites for hydroxylation is 1. The first-order chi connectivity index (χ1) is 8.69. The fraction of sp³-hybridized carbons (Fsp3) is 0.636. The molecule has 0 radical (unpaired) electrons. The Balaban J connectivity index is 1.86. The van der Waals surface area contributed by atoms with Crippen molar-refractivity contribution >= 4 is 11.7 Å². The molecule has 0 saturated carbocycles. The highest BCUT2D eigenvalue weighted by Crippen LogP contribution is 2.15. The van der Waals surface area contributed by atoms with Gasteiger partial charge in [0.1, 0.15) is 0 Å². The standard InChI is InChI=1S/C11H18N4O3/c1-15-11(17-2)6-9(14-15)13-10(16)5-8-7-12-3-4-18-8/h6,8,12H,3-5,7H2,1-2H3,(H,13,14,16). The lowest BCUT2D eigenvalue weighted by molar-refractivity contribution is -0.119. The molecule has 2 N–H and O–H groups in total. The predicted molar refractivity (Wildman–Crippen MR) is 65.6 cm³/mol. The molecule has 2 heterocycles. The summed E-state index contributed by atoms with van der Waals surface area (Å²) in [5, 5.41) is 10.0. The Kier molecular flexibility index (Phi) is 4.16. The second-order valence-electron chi connectivity index (χ2n) is 4.14. The highest BCUT2D eigenvalue weighted by atomic mass is 16.5. The van der Waals surface area contributed by atoms with Crippen molar-refractivity contribution in [2.45, 2.75) is 12.5 Å². The second-order valence-corrected chi connectivity index (χ2v) is 4.14. The lowest BCUT2D eigenvalue weighted by atomic mass is 10.2. The zero-order valence-electron chi connectivity index (χ0n) is 10.6. The van der Waals surface area contributed by atoms with Gasteiger partial charge in [0.2, 0.25) is 11.8 Å². The molecule has 0 aliphatic carbocycles. The summed E-state index contributed by atoms with van der Waals surface area (Å²) in [6.45, 7) is 2.20. The summed E-state index contributed by atoms with van der Waals surface area (Å²) >= 11 is 0. The minimum atomic E-state index is -0.107. The van der Waals surface area contributed by atoms with Crippen LogP contribution in [0.4, 0.5) is 5.82 Å². The van der Waals surface area contributed by atoms with Crippen LogP contribution in [0, 0.1) is 0 Å². The van der Waals surface area contributed by atoms with Crippen molar-refractivity contribution in [3.05, 3.63) is 6.07 Å². The third-order valence-corrected chi connectivity index (χ3v) is 2.73. The number of methoxy groups -OCH3 is 1. The van der Waals surface area contributed by atoms with E-state index in [0.29, 0.717) is 31.3 Å². The lowest BCUT2D eigenvalue weighted by Gasteiger charge is -2.22. The molecule has 1 atom stereocenters. The van der Waals surface area contributed by atoms with Gasteiger partial charge in [-0.3, -0.25) is 4.79 Å². The summed E-state index contributed by atoms with van der Waals surface area (Å²) in [6, 6.07) is 1.68. The van der Waals surface area contributed by atoms with E-state index in [1.165, 1.54) is 0 Å². The number of carbonyl (C=O) groups is 1. The third kappa shape index (κ3) is 3.21. The SMILES string of the molecule is COc1cc(NC(=O)CC2CNCCO2)nn1C. The summed E-state index contributed by atoms with van der Waals surface area (Å²) < 4.78 is 12.1. The van der Waals surface area contributed by atoms with Crippen LogP contribution in [0.25, 0.3) is 0 Å². The van der Waals surface area contributed by atoms with Crippen molar-refractivity contribution in [2.75, 3.05) is 32.1 Å². The summed E-state index contributed by atoms with van der Waals surface area (Å²) in [4.78, 5) is 11.8. The fourth-order valence-corrected chi connectivity index (χ4v) is 1.85. The quantitative estimate of drug-likeness (QED) is 0.774. The van der Waals surface area contributed by atoms with Crippen LogP contribution in [0.3, 0.4) is 0 Å². The largest absolute Gasteiger partial charge is 0.481 e. The molecule has 0 bridgehead atoms. The fourth-order valence-electron chi connectivity index (χ4n) is 1.85.